The van der Waals surface area contributed by atoms with E-state index < -0.39 is 79.0 Å². The summed E-state index contributed by atoms with van der Waals surface area (Å²) in [6.07, 6.45) is -5.67. The van der Waals surface area contributed by atoms with Crippen molar-refractivity contribution in [3.8, 4) is 0 Å². The molecule has 2 saturated heterocycles. The third-order valence-electron chi connectivity index (χ3n) is 11.7. The minimum Gasteiger partial charge on any atom is -0.392 e. The van der Waals surface area contributed by atoms with E-state index in [1.165, 1.54) is 7.11 Å². The van der Waals surface area contributed by atoms with E-state index in [2.05, 4.69) is 15.6 Å². The molecule has 0 amide bonds. The molecule has 47 heavy (non-hydrogen) atoms. The van der Waals surface area contributed by atoms with Gasteiger partial charge in [-0.3, -0.25) is 31.4 Å². The van der Waals surface area contributed by atoms with Crippen molar-refractivity contribution in [2.45, 2.75) is 99.8 Å². The van der Waals surface area contributed by atoms with Gasteiger partial charge in [-0.15, -0.1) is 0 Å². The lowest BCUT2D eigenvalue weighted by atomic mass is 9.53. The first-order valence-electron chi connectivity index (χ1n) is 16.9. The molecule has 3 saturated carbocycles. The Kier molecular flexibility index (Phi) is 11.6. The number of aliphatic hydroxyl groups excluding tert-OH is 5. The fraction of sp³-hybridized carbons (Fsp3) is 0.903. The van der Waals surface area contributed by atoms with E-state index in [0.717, 1.165) is 32.2 Å². The number of aliphatic hydroxyl groups is 6. The SMILES string of the molecule is C[NH+]=C(N)NCC1C(CCC2CCC(N)[NH2+]C2)CC2C(=O)C3CC(OC)CC(O[C@H]4O[C@](O)(CO)[C@@H](O)[C@H](O)[C@H]4O)C3C(=O)C2C1O. The monoisotopic (exact) mass is 673 g/mol. The lowest BCUT2D eigenvalue weighted by Gasteiger charge is -2.53. The summed E-state index contributed by atoms with van der Waals surface area (Å²) < 4.78 is 17.0. The maximum absolute atomic E-state index is 14.5. The van der Waals surface area contributed by atoms with Crippen molar-refractivity contribution in [2.75, 3.05) is 33.9 Å². The maximum Gasteiger partial charge on any atom is 0.340 e. The molecule has 11 unspecified atom stereocenters. The van der Waals surface area contributed by atoms with Gasteiger partial charge in [0, 0.05) is 43.6 Å². The van der Waals surface area contributed by atoms with Crippen molar-refractivity contribution >= 4 is 17.5 Å². The van der Waals surface area contributed by atoms with E-state index in [1.807, 2.05) is 0 Å². The van der Waals surface area contributed by atoms with Gasteiger partial charge in [-0.2, -0.15) is 0 Å². The zero-order valence-corrected chi connectivity index (χ0v) is 27.2. The van der Waals surface area contributed by atoms with Gasteiger partial charge in [0.2, 0.25) is 5.79 Å². The van der Waals surface area contributed by atoms with Gasteiger partial charge in [-0.05, 0) is 38.0 Å². The molecule has 2 aliphatic heterocycles. The van der Waals surface area contributed by atoms with Crippen LogP contribution in [-0.2, 0) is 23.8 Å². The van der Waals surface area contributed by atoms with Crippen LogP contribution in [0.3, 0.4) is 0 Å². The van der Waals surface area contributed by atoms with E-state index in [1.54, 1.807) is 7.05 Å². The Morgan fingerprint density at radius 3 is 2.40 bits per heavy atom. The Hall–Kier alpha value is -1.83. The summed E-state index contributed by atoms with van der Waals surface area (Å²) in [6.45, 7) is 0.117. The highest BCUT2D eigenvalue weighted by Gasteiger charge is 2.62. The Morgan fingerprint density at radius 2 is 1.77 bits per heavy atom. The van der Waals surface area contributed by atoms with Crippen molar-refractivity contribution < 1.29 is 64.7 Å². The van der Waals surface area contributed by atoms with Crippen molar-refractivity contribution in [3.05, 3.63) is 0 Å². The third kappa shape index (κ3) is 7.24. The van der Waals surface area contributed by atoms with Gasteiger partial charge in [-0.25, -0.2) is 0 Å². The molecule has 0 aromatic carbocycles. The quantitative estimate of drug-likeness (QED) is 0.0803. The van der Waals surface area contributed by atoms with Gasteiger partial charge in [0.25, 0.3) is 0 Å². The molecule has 0 aromatic rings. The molecule has 16 nitrogen and oxygen atoms in total. The number of ether oxygens (including phenoxy) is 3. The van der Waals surface area contributed by atoms with Crippen LogP contribution in [0.1, 0.15) is 44.9 Å². The fourth-order valence-corrected chi connectivity index (χ4v) is 8.83. The highest BCUT2D eigenvalue weighted by atomic mass is 16.8. The van der Waals surface area contributed by atoms with Crippen LogP contribution >= 0.6 is 0 Å². The fourth-order valence-electron chi connectivity index (χ4n) is 8.83. The van der Waals surface area contributed by atoms with E-state index in [-0.39, 0.29) is 42.4 Å². The van der Waals surface area contributed by atoms with Gasteiger partial charge >= 0.3 is 5.96 Å². The van der Waals surface area contributed by atoms with E-state index in [4.69, 9.17) is 25.7 Å². The summed E-state index contributed by atoms with van der Waals surface area (Å²) in [5.74, 6) is -6.23. The lowest BCUT2D eigenvalue weighted by molar-refractivity contribution is -0.702. The molecule has 268 valence electrons. The number of hydrogen-bond donors (Lipinski definition) is 11. The first kappa shape index (κ1) is 36.5. The van der Waals surface area contributed by atoms with Crippen LogP contribution < -0.4 is 27.1 Å². The Bertz CT molecular complexity index is 1140. The molecule has 16 atom stereocenters. The van der Waals surface area contributed by atoms with Gasteiger partial charge in [0.1, 0.15) is 36.0 Å². The predicted octanol–water partition coefficient (Wildman–Crippen LogP) is -6.43. The summed E-state index contributed by atoms with van der Waals surface area (Å²) >= 11 is 0. The minimum absolute atomic E-state index is 0.0453. The number of rotatable bonds is 9. The summed E-state index contributed by atoms with van der Waals surface area (Å²) in [5.41, 5.74) is 12.1. The zero-order chi connectivity index (χ0) is 34.2. The summed E-state index contributed by atoms with van der Waals surface area (Å²) in [5, 5.41) is 68.7. The topological polar surface area (TPSA) is 278 Å². The number of guanidine groups is 1. The number of quaternary nitrogens is 1. The molecule has 0 bridgehead atoms. The number of nitrogens with one attached hydrogen (secondary N) is 2. The summed E-state index contributed by atoms with van der Waals surface area (Å²) in [4.78, 5) is 31.6. The second kappa shape index (κ2) is 15.0. The van der Waals surface area contributed by atoms with Crippen molar-refractivity contribution in [3.63, 3.8) is 0 Å². The number of methoxy groups -OCH3 is 1. The number of piperidine rings is 1. The molecule has 14 N–H and O–H groups in total. The van der Waals surface area contributed by atoms with Gasteiger partial charge in [0.05, 0.1) is 56.9 Å². The smallest absolute Gasteiger partial charge is 0.340 e. The van der Waals surface area contributed by atoms with Crippen LogP contribution in [0.5, 0.6) is 0 Å². The van der Waals surface area contributed by atoms with Gasteiger partial charge in [0.15, 0.2) is 6.29 Å². The second-order valence-electron chi connectivity index (χ2n) is 14.3. The van der Waals surface area contributed by atoms with Crippen LogP contribution in [0, 0.1) is 41.4 Å². The highest BCUT2D eigenvalue weighted by molar-refractivity contribution is 6.00. The third-order valence-corrected chi connectivity index (χ3v) is 11.7. The molecule has 5 aliphatic rings. The molecule has 0 aromatic heterocycles. The molecular formula is C31H55N5O11+2. The van der Waals surface area contributed by atoms with Gasteiger partial charge in [-0.1, -0.05) is 0 Å². The van der Waals surface area contributed by atoms with Gasteiger partial charge < -0.3 is 50.2 Å². The molecule has 0 radical (unpaired) electrons. The van der Waals surface area contributed by atoms with Crippen LogP contribution in [0.2, 0.25) is 0 Å². The Morgan fingerprint density at radius 1 is 1.04 bits per heavy atom. The normalized spacial score (nSPS) is 47.7. The van der Waals surface area contributed by atoms with Crippen LogP contribution in [0.15, 0.2) is 0 Å². The maximum atomic E-state index is 14.5. The van der Waals surface area contributed by atoms with Crippen molar-refractivity contribution in [1.82, 2.24) is 5.32 Å². The number of hydrogen-bond acceptors (Lipinski definition) is 12. The largest absolute Gasteiger partial charge is 0.392 e. The first-order chi connectivity index (χ1) is 22.3. The lowest BCUT2D eigenvalue weighted by Crippen LogP contribution is -2.95. The highest BCUT2D eigenvalue weighted by Crippen LogP contribution is 2.51. The second-order valence-corrected chi connectivity index (χ2v) is 14.3. The summed E-state index contributed by atoms with van der Waals surface area (Å²) in [7, 11) is 3.16. The molecule has 2 heterocycles. The molecule has 16 heteroatoms. The van der Waals surface area contributed by atoms with E-state index >= 15 is 0 Å². The Labute approximate surface area is 274 Å². The zero-order valence-electron chi connectivity index (χ0n) is 27.2. The van der Waals surface area contributed by atoms with Crippen molar-refractivity contribution in [2.24, 2.45) is 52.9 Å². The molecular weight excluding hydrogens is 618 g/mol. The van der Waals surface area contributed by atoms with E-state index in [0.29, 0.717) is 24.8 Å². The number of ketones is 2. The predicted molar refractivity (Wildman–Crippen MR) is 162 cm³/mol. The number of nitrogens with two attached hydrogens (primary N) is 3. The molecule has 5 fully saturated rings. The number of Topliss-reactive ketones (excluding diaryl/α,β-unsaturated/α-hetero) is 2. The minimum atomic E-state index is -2.64. The van der Waals surface area contributed by atoms with Crippen LogP contribution in [-0.4, -0.2) is 137 Å². The van der Waals surface area contributed by atoms with Crippen LogP contribution in [0.25, 0.3) is 0 Å². The number of carbonyl (C=O) groups excluding carboxylic acids is 2. The Balaban J connectivity index is 1.39. The average molecular weight is 674 g/mol. The molecule has 3 aliphatic carbocycles. The number of carbonyl (C=O) groups is 2. The summed E-state index contributed by atoms with van der Waals surface area (Å²) in [6, 6.07) is 0. The first-order valence-corrected chi connectivity index (χ1v) is 16.9. The van der Waals surface area contributed by atoms with E-state index in [9.17, 15) is 40.2 Å². The number of fused-ring (bicyclic) bond motifs is 2. The van der Waals surface area contributed by atoms with Crippen molar-refractivity contribution in [1.29, 1.82) is 0 Å². The molecule has 0 spiro atoms. The van der Waals surface area contributed by atoms with Crippen LogP contribution in [0.4, 0.5) is 0 Å². The molecule has 5 rings (SSSR count). The average Bonchev–Trinajstić information content (AvgIpc) is 3.07. The standard InChI is InChI=1S/C31H53N5O11/c1-34-30(33)36-11-18-14(5-3-13-4-6-20(32)35-10-13)7-16-22(24(18)39)25(40)21-17(23(16)38)8-15(45-2)9-19(21)46-29-27(42)26(41)28(43)31(44,12-37)47-29/h13-22,24,26-29,35,37,39,41-44H,3-12,32H2,1-2H3,(H3,33,34,36)/p+2/t13?,14?,15?,16?,17?,18?,19?,20?,21?,22?,24?,26-,27-,28+,29+,31-/m1/s1.